The maximum absolute atomic E-state index is 12.3. The highest BCUT2D eigenvalue weighted by molar-refractivity contribution is 5.91. The molecule has 0 spiro atoms. The molecule has 0 saturated carbocycles. The quantitative estimate of drug-likeness (QED) is 0.833. The second-order valence-electron chi connectivity index (χ2n) is 5.05. The lowest BCUT2D eigenvalue weighted by Gasteiger charge is -2.31. The molecule has 3 heterocycles. The van der Waals surface area contributed by atoms with Gasteiger partial charge in [0.15, 0.2) is 0 Å². The molecule has 0 unspecified atom stereocenters. The first-order chi connectivity index (χ1) is 9.74. The molecule has 104 valence electrons. The average Bonchev–Trinajstić information content (AvgIpc) is 3.01. The van der Waals surface area contributed by atoms with Gasteiger partial charge >= 0.3 is 0 Å². The van der Waals surface area contributed by atoms with E-state index in [1.165, 1.54) is 6.20 Å². The van der Waals surface area contributed by atoms with E-state index >= 15 is 0 Å². The summed E-state index contributed by atoms with van der Waals surface area (Å²) in [6.45, 7) is 3.32. The van der Waals surface area contributed by atoms with Crippen molar-refractivity contribution in [2.24, 2.45) is 0 Å². The first kappa shape index (κ1) is 12.8. The number of piperidine rings is 1. The summed E-state index contributed by atoms with van der Waals surface area (Å²) >= 11 is 0. The summed E-state index contributed by atoms with van der Waals surface area (Å²) in [6.07, 6.45) is 7.00. The fraction of sp³-hybridized carbons (Fsp3) is 0.429. The molecule has 0 bridgehead atoms. The largest absolute Gasteiger partial charge is 0.351 e. The van der Waals surface area contributed by atoms with Crippen molar-refractivity contribution >= 4 is 5.91 Å². The van der Waals surface area contributed by atoms with Gasteiger partial charge in [-0.25, -0.2) is 0 Å². The minimum atomic E-state index is -0.104. The average molecular weight is 272 g/mol. The summed E-state index contributed by atoms with van der Waals surface area (Å²) in [6, 6.07) is 1.60. The molecular weight excluding hydrogens is 256 g/mol. The summed E-state index contributed by atoms with van der Waals surface area (Å²) in [5, 5.41) is 3.58. The van der Waals surface area contributed by atoms with Gasteiger partial charge in [-0.2, -0.15) is 0 Å². The molecule has 1 aliphatic rings. The monoisotopic (exact) mass is 272 g/mol. The predicted molar refractivity (Wildman–Crippen MR) is 71.2 cm³/mol. The molecule has 0 radical (unpaired) electrons. The van der Waals surface area contributed by atoms with Crippen LogP contribution in [-0.4, -0.2) is 39.0 Å². The van der Waals surface area contributed by atoms with E-state index in [1.807, 2.05) is 6.92 Å². The molecule has 0 N–H and O–H groups in total. The second-order valence-corrected chi connectivity index (χ2v) is 5.05. The third kappa shape index (κ3) is 2.54. The molecule has 2 aromatic heterocycles. The SMILES string of the molecule is Cc1cncc([C@@H]2CCCN(C(=O)c3ccno3)C2)n1. The fourth-order valence-electron chi connectivity index (χ4n) is 2.56. The van der Waals surface area contributed by atoms with Crippen molar-refractivity contribution in [1.82, 2.24) is 20.0 Å². The number of rotatable bonds is 2. The molecule has 6 heteroatoms. The zero-order valence-corrected chi connectivity index (χ0v) is 11.3. The highest BCUT2D eigenvalue weighted by Crippen LogP contribution is 2.26. The van der Waals surface area contributed by atoms with E-state index in [2.05, 4.69) is 15.1 Å². The topological polar surface area (TPSA) is 72.1 Å². The minimum absolute atomic E-state index is 0.104. The van der Waals surface area contributed by atoms with Crippen molar-refractivity contribution in [3.05, 3.63) is 41.8 Å². The van der Waals surface area contributed by atoms with Crippen molar-refractivity contribution in [3.63, 3.8) is 0 Å². The molecule has 1 amide bonds. The number of hydrogen-bond acceptors (Lipinski definition) is 5. The lowest BCUT2D eigenvalue weighted by Crippen LogP contribution is -2.39. The van der Waals surface area contributed by atoms with Gasteiger partial charge in [-0.3, -0.25) is 14.8 Å². The Balaban J connectivity index is 1.75. The molecule has 20 heavy (non-hydrogen) atoms. The maximum atomic E-state index is 12.3. The van der Waals surface area contributed by atoms with E-state index in [4.69, 9.17) is 4.52 Å². The second kappa shape index (κ2) is 5.40. The van der Waals surface area contributed by atoms with Crippen LogP contribution in [0.2, 0.25) is 0 Å². The van der Waals surface area contributed by atoms with Gasteiger partial charge in [-0.1, -0.05) is 5.16 Å². The molecule has 1 saturated heterocycles. The van der Waals surface area contributed by atoms with Crippen LogP contribution >= 0.6 is 0 Å². The van der Waals surface area contributed by atoms with E-state index in [-0.39, 0.29) is 11.8 Å². The smallest absolute Gasteiger partial charge is 0.292 e. The van der Waals surface area contributed by atoms with Gasteiger partial charge in [-0.15, -0.1) is 0 Å². The number of carbonyl (C=O) groups excluding carboxylic acids is 1. The molecule has 1 aliphatic heterocycles. The number of amides is 1. The summed E-state index contributed by atoms with van der Waals surface area (Å²) in [5.74, 6) is 0.428. The van der Waals surface area contributed by atoms with Crippen LogP contribution in [0.15, 0.2) is 29.2 Å². The molecular formula is C14H16N4O2. The van der Waals surface area contributed by atoms with Crippen LogP contribution in [0.4, 0.5) is 0 Å². The lowest BCUT2D eigenvalue weighted by atomic mass is 9.95. The first-order valence-corrected chi connectivity index (χ1v) is 6.72. The highest BCUT2D eigenvalue weighted by Gasteiger charge is 2.27. The normalized spacial score (nSPS) is 19.1. The Morgan fingerprint density at radius 1 is 1.45 bits per heavy atom. The van der Waals surface area contributed by atoms with Crippen LogP contribution in [0.1, 0.15) is 40.7 Å². The fourth-order valence-corrected chi connectivity index (χ4v) is 2.56. The summed E-state index contributed by atoms with van der Waals surface area (Å²) in [4.78, 5) is 22.8. The zero-order chi connectivity index (χ0) is 13.9. The van der Waals surface area contributed by atoms with Crippen LogP contribution in [0.25, 0.3) is 0 Å². The van der Waals surface area contributed by atoms with Crippen LogP contribution in [0.5, 0.6) is 0 Å². The van der Waals surface area contributed by atoms with E-state index in [9.17, 15) is 4.79 Å². The van der Waals surface area contributed by atoms with Crippen molar-refractivity contribution in [2.75, 3.05) is 13.1 Å². The molecule has 1 atom stereocenters. The van der Waals surface area contributed by atoms with Crippen molar-refractivity contribution in [3.8, 4) is 0 Å². The number of carbonyl (C=O) groups is 1. The number of aryl methyl sites for hydroxylation is 1. The van der Waals surface area contributed by atoms with Gasteiger partial charge in [0.1, 0.15) is 0 Å². The van der Waals surface area contributed by atoms with Crippen molar-refractivity contribution in [1.29, 1.82) is 0 Å². The van der Waals surface area contributed by atoms with Gasteiger partial charge in [0.2, 0.25) is 5.76 Å². The molecule has 1 fully saturated rings. The Morgan fingerprint density at radius 2 is 2.35 bits per heavy atom. The maximum Gasteiger partial charge on any atom is 0.292 e. The van der Waals surface area contributed by atoms with Crippen molar-refractivity contribution in [2.45, 2.75) is 25.7 Å². The third-order valence-electron chi connectivity index (χ3n) is 3.55. The number of nitrogens with zero attached hydrogens (tertiary/aromatic N) is 4. The van der Waals surface area contributed by atoms with Gasteiger partial charge in [-0.05, 0) is 19.8 Å². The Hall–Kier alpha value is -2.24. The Kier molecular flexibility index (Phi) is 3.45. The zero-order valence-electron chi connectivity index (χ0n) is 11.3. The van der Waals surface area contributed by atoms with Gasteiger partial charge in [0, 0.05) is 37.5 Å². The van der Waals surface area contributed by atoms with E-state index in [0.717, 1.165) is 30.8 Å². The predicted octanol–water partition coefficient (Wildman–Crippen LogP) is 1.79. The minimum Gasteiger partial charge on any atom is -0.351 e. The molecule has 3 rings (SSSR count). The Labute approximate surface area is 116 Å². The Morgan fingerprint density at radius 3 is 3.10 bits per heavy atom. The summed E-state index contributed by atoms with van der Waals surface area (Å²) < 4.78 is 4.94. The van der Waals surface area contributed by atoms with Crippen LogP contribution < -0.4 is 0 Å². The highest BCUT2D eigenvalue weighted by atomic mass is 16.5. The first-order valence-electron chi connectivity index (χ1n) is 6.72. The van der Waals surface area contributed by atoms with Gasteiger partial charge in [0.05, 0.1) is 17.6 Å². The number of aromatic nitrogens is 3. The van der Waals surface area contributed by atoms with Crippen molar-refractivity contribution < 1.29 is 9.32 Å². The summed E-state index contributed by atoms with van der Waals surface area (Å²) in [7, 11) is 0. The lowest BCUT2D eigenvalue weighted by molar-refractivity contribution is 0.0663. The third-order valence-corrected chi connectivity index (χ3v) is 3.55. The van der Waals surface area contributed by atoms with Crippen LogP contribution in [0, 0.1) is 6.92 Å². The number of likely N-dealkylation sites (tertiary alicyclic amines) is 1. The van der Waals surface area contributed by atoms with E-state index in [1.54, 1.807) is 23.4 Å². The van der Waals surface area contributed by atoms with Crippen LogP contribution in [0.3, 0.4) is 0 Å². The van der Waals surface area contributed by atoms with E-state index in [0.29, 0.717) is 12.3 Å². The van der Waals surface area contributed by atoms with Gasteiger partial charge in [0.25, 0.3) is 5.91 Å². The number of hydrogen-bond donors (Lipinski definition) is 0. The molecule has 0 aromatic carbocycles. The standard InChI is InChI=1S/C14H16N4O2/c1-10-7-15-8-12(17-10)11-3-2-6-18(9-11)14(19)13-4-5-16-20-13/h4-5,7-8,11H,2-3,6,9H2,1H3/t11-/m1/s1. The summed E-state index contributed by atoms with van der Waals surface area (Å²) in [5.41, 5.74) is 1.86. The molecule has 6 nitrogen and oxygen atoms in total. The molecule has 2 aromatic rings. The Bertz CT molecular complexity index is 597. The van der Waals surface area contributed by atoms with E-state index < -0.39 is 0 Å². The van der Waals surface area contributed by atoms with Crippen LogP contribution in [-0.2, 0) is 0 Å². The van der Waals surface area contributed by atoms with Gasteiger partial charge < -0.3 is 9.42 Å². The molecule has 0 aliphatic carbocycles.